The fourth-order valence-corrected chi connectivity index (χ4v) is 8.43. The van der Waals surface area contributed by atoms with E-state index in [1.807, 2.05) is 54.6 Å². The molecule has 0 spiro atoms. The topological polar surface area (TPSA) is 52.4 Å². The standard InChI is InChI=1S/C48H28N4O2/c1-2-14-30(15-3-1)45-34-17-6-7-19-36(34)49-48(50-45)52-39-22-12-18-32(44(39)35-26-25-29-13-4-5-16-33(29)46(35)52)31-27-42-47-43(28-31)54-41-24-11-9-21-38(41)51(47)37-20-8-10-23-40(37)53-42/h1-28H. The number of nitrogens with zero attached hydrogens (tertiary/aromatic N) is 4. The third kappa shape index (κ3) is 4.10. The number of rotatable bonds is 3. The molecule has 0 amide bonds. The van der Waals surface area contributed by atoms with Gasteiger partial charge >= 0.3 is 0 Å². The molecule has 0 aliphatic carbocycles. The molecule has 0 bridgehead atoms. The van der Waals surface area contributed by atoms with Crippen LogP contribution in [0.25, 0.3) is 71.8 Å². The lowest BCUT2D eigenvalue weighted by Crippen LogP contribution is -2.20. The van der Waals surface area contributed by atoms with Crippen LogP contribution in [0.3, 0.4) is 0 Å². The zero-order chi connectivity index (χ0) is 35.3. The van der Waals surface area contributed by atoms with E-state index in [1.54, 1.807) is 0 Å². The molecule has 10 aromatic rings. The minimum atomic E-state index is 0.622. The van der Waals surface area contributed by atoms with Crippen LogP contribution in [0.2, 0.25) is 0 Å². The van der Waals surface area contributed by atoms with Gasteiger partial charge in [0.05, 0.1) is 33.6 Å². The Bertz CT molecular complexity index is 3120. The highest BCUT2D eigenvalue weighted by atomic mass is 16.5. The maximum atomic E-state index is 6.68. The molecule has 54 heavy (non-hydrogen) atoms. The van der Waals surface area contributed by atoms with Gasteiger partial charge < -0.3 is 9.47 Å². The summed E-state index contributed by atoms with van der Waals surface area (Å²) in [6, 6.07) is 58.8. The molecule has 0 atom stereocenters. The largest absolute Gasteiger partial charge is 0.453 e. The van der Waals surface area contributed by atoms with Gasteiger partial charge in [0.25, 0.3) is 0 Å². The fraction of sp³-hybridized carbons (Fsp3) is 0. The van der Waals surface area contributed by atoms with Gasteiger partial charge in [0, 0.05) is 27.1 Å². The SMILES string of the molecule is c1ccc(-c2nc(-n3c4cccc(-c5cc6c7c(c5)Oc5ccccc5N7c5ccccc5O6)c4c4ccc5ccccc5c43)nc3ccccc23)cc1. The quantitative estimate of drug-likeness (QED) is 0.184. The minimum absolute atomic E-state index is 0.622. The Morgan fingerprint density at radius 1 is 0.463 bits per heavy atom. The van der Waals surface area contributed by atoms with Crippen molar-refractivity contribution in [2.75, 3.05) is 4.90 Å². The van der Waals surface area contributed by atoms with Crippen LogP contribution < -0.4 is 14.4 Å². The summed E-state index contributed by atoms with van der Waals surface area (Å²) in [5.41, 5.74) is 9.82. The highest BCUT2D eigenvalue weighted by Crippen LogP contribution is 2.60. The summed E-state index contributed by atoms with van der Waals surface area (Å²) in [5, 5.41) is 5.51. The maximum Gasteiger partial charge on any atom is 0.235 e. The Labute approximate surface area is 309 Å². The highest BCUT2D eigenvalue weighted by molar-refractivity contribution is 6.22. The molecule has 8 aromatic carbocycles. The lowest BCUT2D eigenvalue weighted by molar-refractivity contribution is 0.446. The first-order valence-electron chi connectivity index (χ1n) is 18.1. The predicted octanol–water partition coefficient (Wildman–Crippen LogP) is 12.9. The van der Waals surface area contributed by atoms with Crippen LogP contribution in [0.5, 0.6) is 23.0 Å². The lowest BCUT2D eigenvalue weighted by atomic mass is 9.96. The van der Waals surface area contributed by atoms with Gasteiger partial charge in [-0.05, 0) is 65.0 Å². The fourth-order valence-electron chi connectivity index (χ4n) is 8.43. The number of benzene rings is 8. The van der Waals surface area contributed by atoms with E-state index in [1.165, 1.54) is 0 Å². The molecule has 2 aliphatic heterocycles. The number of anilines is 3. The third-order valence-corrected chi connectivity index (χ3v) is 10.7. The summed E-state index contributed by atoms with van der Waals surface area (Å²) >= 11 is 0. The molecule has 6 nitrogen and oxygen atoms in total. The predicted molar refractivity (Wildman–Crippen MR) is 217 cm³/mol. The first-order chi connectivity index (χ1) is 26.8. The number of hydrogen-bond donors (Lipinski definition) is 0. The summed E-state index contributed by atoms with van der Waals surface area (Å²) in [4.78, 5) is 12.9. The first kappa shape index (κ1) is 29.2. The average molecular weight is 693 g/mol. The van der Waals surface area contributed by atoms with Crippen molar-refractivity contribution in [1.29, 1.82) is 0 Å². The highest BCUT2D eigenvalue weighted by Gasteiger charge is 2.35. The summed E-state index contributed by atoms with van der Waals surface area (Å²) in [5.74, 6) is 3.71. The van der Waals surface area contributed by atoms with E-state index in [2.05, 4.69) is 125 Å². The van der Waals surface area contributed by atoms with Crippen molar-refractivity contribution in [2.45, 2.75) is 0 Å². The summed E-state index contributed by atoms with van der Waals surface area (Å²) in [6.07, 6.45) is 0. The van der Waals surface area contributed by atoms with E-state index in [4.69, 9.17) is 19.4 Å². The Balaban J connectivity index is 1.16. The number of para-hydroxylation sites is 5. The molecule has 0 saturated carbocycles. The molecular weight excluding hydrogens is 665 g/mol. The number of fused-ring (bicyclic) bond motifs is 10. The summed E-state index contributed by atoms with van der Waals surface area (Å²) < 4.78 is 15.6. The van der Waals surface area contributed by atoms with Crippen LogP contribution in [-0.2, 0) is 0 Å². The van der Waals surface area contributed by atoms with Gasteiger partial charge in [0.2, 0.25) is 5.95 Å². The van der Waals surface area contributed by atoms with Crippen LogP contribution >= 0.6 is 0 Å². The molecule has 2 aromatic heterocycles. The molecule has 252 valence electrons. The van der Waals surface area contributed by atoms with Gasteiger partial charge in [0.1, 0.15) is 5.69 Å². The van der Waals surface area contributed by atoms with Crippen molar-refractivity contribution in [3.05, 3.63) is 170 Å². The van der Waals surface area contributed by atoms with Crippen molar-refractivity contribution in [2.24, 2.45) is 0 Å². The number of ether oxygens (including phenoxy) is 2. The van der Waals surface area contributed by atoms with Gasteiger partial charge in [0.15, 0.2) is 23.0 Å². The Kier molecular flexibility index (Phi) is 5.96. The molecule has 0 fully saturated rings. The second-order valence-electron chi connectivity index (χ2n) is 13.8. The molecular formula is C48H28N4O2. The van der Waals surface area contributed by atoms with Crippen LogP contribution in [0, 0.1) is 0 Å². The van der Waals surface area contributed by atoms with Crippen molar-refractivity contribution in [1.82, 2.24) is 14.5 Å². The van der Waals surface area contributed by atoms with Gasteiger partial charge in [-0.25, -0.2) is 9.97 Å². The first-order valence-corrected chi connectivity index (χ1v) is 18.1. The minimum Gasteiger partial charge on any atom is -0.453 e. The van der Waals surface area contributed by atoms with Gasteiger partial charge in [-0.15, -0.1) is 0 Å². The Hall–Kier alpha value is -7.44. The monoisotopic (exact) mass is 692 g/mol. The van der Waals surface area contributed by atoms with E-state index >= 15 is 0 Å². The zero-order valence-electron chi connectivity index (χ0n) is 28.8. The smallest absolute Gasteiger partial charge is 0.235 e. The molecule has 0 N–H and O–H groups in total. The van der Waals surface area contributed by atoms with Gasteiger partial charge in [-0.3, -0.25) is 9.47 Å². The molecule has 0 radical (unpaired) electrons. The Morgan fingerprint density at radius 2 is 1.13 bits per heavy atom. The molecule has 12 rings (SSSR count). The normalized spacial score (nSPS) is 12.7. The maximum absolute atomic E-state index is 6.68. The molecule has 2 aliphatic rings. The van der Waals surface area contributed by atoms with E-state index in [-0.39, 0.29) is 0 Å². The lowest BCUT2D eigenvalue weighted by Gasteiger charge is -2.38. The van der Waals surface area contributed by atoms with Crippen molar-refractivity contribution in [3.8, 4) is 51.3 Å². The number of aromatic nitrogens is 3. The van der Waals surface area contributed by atoms with Crippen LogP contribution in [0.1, 0.15) is 0 Å². The van der Waals surface area contributed by atoms with Crippen LogP contribution in [-0.4, -0.2) is 14.5 Å². The van der Waals surface area contributed by atoms with Crippen molar-refractivity contribution < 1.29 is 9.47 Å². The second-order valence-corrected chi connectivity index (χ2v) is 13.8. The van der Waals surface area contributed by atoms with Crippen LogP contribution in [0.4, 0.5) is 17.1 Å². The van der Waals surface area contributed by atoms with E-state index in [0.717, 1.165) is 106 Å². The number of hydrogen-bond acceptors (Lipinski definition) is 5. The summed E-state index contributed by atoms with van der Waals surface area (Å²) in [7, 11) is 0. The molecule has 0 unspecified atom stereocenters. The van der Waals surface area contributed by atoms with Gasteiger partial charge in [-0.2, -0.15) is 0 Å². The van der Waals surface area contributed by atoms with E-state index in [0.29, 0.717) is 5.95 Å². The third-order valence-electron chi connectivity index (χ3n) is 10.7. The molecule has 6 heteroatoms. The van der Waals surface area contributed by atoms with Crippen molar-refractivity contribution >= 4 is 60.5 Å². The van der Waals surface area contributed by atoms with Gasteiger partial charge in [-0.1, -0.05) is 121 Å². The summed E-state index contributed by atoms with van der Waals surface area (Å²) in [6.45, 7) is 0. The van der Waals surface area contributed by atoms with E-state index < -0.39 is 0 Å². The average Bonchev–Trinajstić information content (AvgIpc) is 3.58. The second kappa shape index (κ2) is 11.0. The van der Waals surface area contributed by atoms with E-state index in [9.17, 15) is 0 Å². The molecule has 4 heterocycles. The molecule has 0 saturated heterocycles. The zero-order valence-corrected chi connectivity index (χ0v) is 28.8. The van der Waals surface area contributed by atoms with Crippen molar-refractivity contribution in [3.63, 3.8) is 0 Å². The Morgan fingerprint density at radius 3 is 1.91 bits per heavy atom. The van der Waals surface area contributed by atoms with Crippen LogP contribution in [0.15, 0.2) is 170 Å².